The molecule has 368 valence electrons. The van der Waals surface area contributed by atoms with Crippen molar-refractivity contribution < 1.29 is 66.7 Å². The minimum Gasteiger partial charge on any atom is -0.482 e. The van der Waals surface area contributed by atoms with Gasteiger partial charge in [-0.05, 0) is 63.6 Å². The van der Waals surface area contributed by atoms with E-state index < -0.39 is 41.2 Å². The van der Waals surface area contributed by atoms with Gasteiger partial charge >= 0.3 is 23.9 Å². The Bertz CT molecular complexity index is 2990. The zero-order valence-corrected chi connectivity index (χ0v) is 41.6. The van der Waals surface area contributed by atoms with E-state index in [1.165, 1.54) is 40.6 Å². The summed E-state index contributed by atoms with van der Waals surface area (Å²) in [6, 6.07) is 14.7. The van der Waals surface area contributed by atoms with Crippen LogP contribution in [0.3, 0.4) is 0 Å². The Hall–Kier alpha value is -6.91. The molecule has 20 nitrogen and oxygen atoms in total. The molecular weight excluding hydrogens is 970 g/mol. The standard InChI is InChI=1S/C47H48ClN7O13S2/c1-25(27-8-11-31(12-9-27)65-24-39(59)68-55-37(57)14-15-38(55)58)50-51-36(56)21-47(3,4)70-69-17-16-52(5)46(62)67-34-20-32-41(42-40(45(61)64-7)26(2)49-43(34)42)29(22-48)23-54(32)44(60)35-19-28-18-30(53(6)63)10-13-33(28)66-35/h8-13,18-20,29H,14-17,21-24H2,1-7H3,(H-,49,51,56,61)/p+2/b50-25-/t29-/m1/s1. The van der Waals surface area contributed by atoms with Crippen LogP contribution in [0.4, 0.5) is 16.2 Å². The van der Waals surface area contributed by atoms with Crippen LogP contribution >= 0.6 is 33.2 Å². The number of halogens is 1. The molecule has 3 aromatic carbocycles. The van der Waals surface area contributed by atoms with Crippen LogP contribution in [-0.2, 0) is 28.8 Å². The van der Waals surface area contributed by atoms with Gasteiger partial charge in [0.25, 0.3) is 17.5 Å². The first kappa shape index (κ1) is 51.0. The average molecular weight is 1020 g/mol. The predicted molar refractivity (Wildman–Crippen MR) is 262 cm³/mol. The number of nitroso groups, excluding NO2 is 1. The topological polar surface area (TPSA) is 242 Å². The minimum absolute atomic E-state index is 0.0134. The number of hydrogen-bond acceptors (Lipinski definition) is 15. The predicted octanol–water partition coefficient (Wildman–Crippen LogP) is 7.54. The van der Waals surface area contributed by atoms with Crippen LogP contribution in [0.1, 0.15) is 78.9 Å². The van der Waals surface area contributed by atoms with Gasteiger partial charge in [0.2, 0.25) is 17.4 Å². The molecule has 0 bridgehead atoms. The molecule has 0 saturated carbocycles. The van der Waals surface area contributed by atoms with Crippen molar-refractivity contribution in [1.29, 1.82) is 0 Å². The van der Waals surface area contributed by atoms with Crippen molar-refractivity contribution in [1.82, 2.24) is 20.4 Å². The van der Waals surface area contributed by atoms with Crippen LogP contribution in [0.2, 0.25) is 0 Å². The number of nitrogens with zero attached hydrogens (tertiary/aromatic N) is 5. The molecule has 1 fully saturated rings. The van der Waals surface area contributed by atoms with Gasteiger partial charge in [0.05, 0.1) is 35.9 Å². The highest BCUT2D eigenvalue weighted by Crippen LogP contribution is 2.47. The molecular formula is C47H50ClN7O13S2+2. The van der Waals surface area contributed by atoms with Gasteiger partial charge in [-0.3, -0.25) is 14.4 Å². The van der Waals surface area contributed by atoms with E-state index in [2.05, 4.69) is 15.5 Å². The van der Waals surface area contributed by atoms with Crippen molar-refractivity contribution in [3.63, 3.8) is 0 Å². The smallest absolute Gasteiger partial charge is 0.415 e. The fourth-order valence-corrected chi connectivity index (χ4v) is 10.6. The molecule has 7 rings (SSSR count). The van der Waals surface area contributed by atoms with Gasteiger partial charge in [-0.2, -0.15) is 9.68 Å². The highest BCUT2D eigenvalue weighted by atomic mass is 35.5. The Morgan fingerprint density at radius 3 is 2.49 bits per heavy atom. The second-order valence-corrected chi connectivity index (χ2v) is 20.4. The molecule has 2 aliphatic heterocycles. The number of imide groups is 1. The normalized spacial score (nSPS) is 15.6. The van der Waals surface area contributed by atoms with E-state index in [0.717, 1.165) is 0 Å². The number of furan rings is 1. The number of hydrogen-bond donors (Lipinski definition) is 3. The van der Waals surface area contributed by atoms with Gasteiger partial charge in [-0.15, -0.1) is 16.7 Å². The molecule has 1 atom stereocenters. The third-order valence-corrected chi connectivity index (χ3v) is 15.0. The second kappa shape index (κ2) is 21.4. The number of carbonyl (C=O) groups excluding carboxylic acids is 6. The fourth-order valence-electron chi connectivity index (χ4n) is 7.79. The summed E-state index contributed by atoms with van der Waals surface area (Å²) in [6.45, 7) is 7.20. The number of nitrogens with one attached hydrogen (secondary N) is 2. The zero-order chi connectivity index (χ0) is 50.6. The van der Waals surface area contributed by atoms with E-state index in [0.29, 0.717) is 77.1 Å². The molecule has 23 heteroatoms. The summed E-state index contributed by atoms with van der Waals surface area (Å²) in [5.41, 5.74) is 6.78. The molecule has 0 unspecified atom stereocenters. The van der Waals surface area contributed by atoms with Crippen molar-refractivity contribution in [3.05, 3.63) is 87.6 Å². The summed E-state index contributed by atoms with van der Waals surface area (Å²) in [7, 11) is 7.19. The number of hydroxylamine groups is 2. The molecule has 2 aliphatic rings. The van der Waals surface area contributed by atoms with Crippen LogP contribution in [0.5, 0.6) is 11.5 Å². The number of ether oxygens (including phenoxy) is 3. The number of aryl methyl sites for hydroxylation is 1. The Kier molecular flexibility index (Phi) is 15.6. The van der Waals surface area contributed by atoms with Gasteiger partial charge in [-0.25, -0.2) is 19.8 Å². The number of fused-ring (bicyclic) bond motifs is 4. The van der Waals surface area contributed by atoms with E-state index in [-0.39, 0.29) is 73.0 Å². The number of alkyl halides is 1. The monoisotopic (exact) mass is 1020 g/mol. The number of H-pyrrole nitrogens is 1. The fraction of sp³-hybridized carbons (Fsp3) is 0.362. The number of methoxy groups -OCH3 is 1. The first-order valence-electron chi connectivity index (χ1n) is 21.8. The highest BCUT2D eigenvalue weighted by Gasteiger charge is 2.42. The minimum atomic E-state index is -0.902. The third-order valence-electron chi connectivity index (χ3n) is 11.3. The molecule has 0 radical (unpaired) electrons. The zero-order valence-electron chi connectivity index (χ0n) is 39.2. The van der Waals surface area contributed by atoms with Crippen molar-refractivity contribution in [3.8, 4) is 11.5 Å². The van der Waals surface area contributed by atoms with Crippen molar-refractivity contribution >= 4 is 114 Å². The maximum atomic E-state index is 13.7. The molecule has 5 aromatic rings. The molecule has 70 heavy (non-hydrogen) atoms. The highest BCUT2D eigenvalue weighted by molar-refractivity contribution is 8.77. The van der Waals surface area contributed by atoms with Crippen molar-refractivity contribution in [2.24, 2.45) is 5.10 Å². The summed E-state index contributed by atoms with van der Waals surface area (Å²) in [5.74, 6) is -2.50. The van der Waals surface area contributed by atoms with Crippen molar-refractivity contribution in [2.45, 2.75) is 57.6 Å². The molecule has 4 amide bonds. The largest absolute Gasteiger partial charge is 0.482 e. The number of aliphatic hydroxyl groups is 1. The molecule has 1 saturated heterocycles. The maximum absolute atomic E-state index is 13.7. The first-order valence-corrected chi connectivity index (χ1v) is 24.6. The van der Waals surface area contributed by atoms with E-state index in [1.807, 2.05) is 13.8 Å². The number of aliphatic hydroxyl groups excluding tert-OH is 1. The lowest BCUT2D eigenvalue weighted by atomic mass is 9.95. The SMILES string of the molecule is COC(=O)c1c(C)[nH]c2c(OC(=O)N(C)CCSSC(C)(C)CC(=O)N/N=C(/C)c3ccc(OCC(=O)ON4C(=O)CCC4=O)cc3)cc3c(c12)[C@H](CCl)C[N+]3=C(O)c1cc2cc([N+](C)=O)ccc2o1. The number of hydrazone groups is 1. The third kappa shape index (κ3) is 11.2. The van der Waals surface area contributed by atoms with E-state index in [1.54, 1.807) is 80.1 Å². The second-order valence-electron chi connectivity index (χ2n) is 17.0. The summed E-state index contributed by atoms with van der Waals surface area (Å²) in [6.07, 6.45) is -0.592. The summed E-state index contributed by atoms with van der Waals surface area (Å²) >= 11 is 6.55. The number of carbonyl (C=O) groups is 6. The van der Waals surface area contributed by atoms with Gasteiger partial charge in [0.1, 0.15) is 11.3 Å². The molecule has 4 heterocycles. The van der Waals surface area contributed by atoms with Gasteiger partial charge in [-0.1, -0.05) is 21.6 Å². The first-order chi connectivity index (χ1) is 33.3. The van der Waals surface area contributed by atoms with Crippen molar-refractivity contribution in [2.75, 3.05) is 52.5 Å². The van der Waals surface area contributed by atoms with Crippen LogP contribution in [0, 0.1) is 11.8 Å². The lowest BCUT2D eigenvalue weighted by Crippen LogP contribution is -2.33. The van der Waals surface area contributed by atoms with E-state index in [4.69, 9.17) is 35.1 Å². The quantitative estimate of drug-likeness (QED) is 0.00884. The number of rotatable bonds is 18. The molecule has 0 spiro atoms. The molecule has 2 aromatic heterocycles. The van der Waals surface area contributed by atoms with E-state index >= 15 is 0 Å². The van der Waals surface area contributed by atoms with Gasteiger partial charge in [0.15, 0.2) is 25.9 Å². The lowest BCUT2D eigenvalue weighted by molar-refractivity contribution is -0.440. The summed E-state index contributed by atoms with van der Waals surface area (Å²) in [5, 5.41) is 17.5. The van der Waals surface area contributed by atoms with Crippen LogP contribution in [-0.4, -0.2) is 134 Å². The summed E-state index contributed by atoms with van der Waals surface area (Å²) in [4.78, 5) is 96.7. The number of amides is 4. The van der Waals surface area contributed by atoms with Crippen LogP contribution < -0.4 is 14.9 Å². The van der Waals surface area contributed by atoms with Crippen LogP contribution in [0.15, 0.2) is 64.1 Å². The van der Waals surface area contributed by atoms with Gasteiger partial charge in [0, 0.05) is 99.1 Å². The number of aromatic amines is 1. The molecule has 3 N–H and O–H groups in total. The van der Waals surface area contributed by atoms with Gasteiger partial charge < -0.3 is 38.5 Å². The Labute approximate surface area is 413 Å². The number of benzene rings is 3. The number of aromatic nitrogens is 1. The lowest BCUT2D eigenvalue weighted by Gasteiger charge is -2.23. The Balaban J connectivity index is 0.957. The summed E-state index contributed by atoms with van der Waals surface area (Å²) < 4.78 is 24.4. The van der Waals surface area contributed by atoms with Crippen LogP contribution in [0.25, 0.3) is 21.9 Å². The van der Waals surface area contributed by atoms with E-state index in [9.17, 15) is 38.8 Å². The maximum Gasteiger partial charge on any atom is 0.415 e. The molecule has 0 aliphatic carbocycles. The Morgan fingerprint density at radius 1 is 1.10 bits per heavy atom. The average Bonchev–Trinajstić information content (AvgIpc) is 4.10. The Morgan fingerprint density at radius 2 is 1.81 bits per heavy atom. The number of esters is 1.